The van der Waals surface area contributed by atoms with E-state index in [9.17, 15) is 4.79 Å². The van der Waals surface area contributed by atoms with Gasteiger partial charge in [0.05, 0.1) is 0 Å². The summed E-state index contributed by atoms with van der Waals surface area (Å²) in [5, 5.41) is 0. The highest BCUT2D eigenvalue weighted by atomic mass is 16.1. The third kappa shape index (κ3) is 2.07. The number of hydrogen-bond donors (Lipinski definition) is 2. The van der Waals surface area contributed by atoms with E-state index in [1.807, 2.05) is 48.8 Å². The van der Waals surface area contributed by atoms with Crippen LogP contribution in [0.15, 0.2) is 47.8 Å². The molecule has 2 N–H and O–H groups in total. The van der Waals surface area contributed by atoms with Crippen molar-refractivity contribution in [2.45, 2.75) is 24.9 Å². The average Bonchev–Trinajstić information content (AvgIpc) is 3.22. The van der Waals surface area contributed by atoms with Crippen LogP contribution in [-0.2, 0) is 4.79 Å². The fourth-order valence-corrected chi connectivity index (χ4v) is 3.69. The largest absolute Gasteiger partial charge is 0.362 e. The molecule has 0 amide bonds. The van der Waals surface area contributed by atoms with Gasteiger partial charge in [-0.3, -0.25) is 9.69 Å². The van der Waals surface area contributed by atoms with E-state index in [4.69, 9.17) is 0 Å². The molecule has 4 heteroatoms. The number of nitrogens with zero attached hydrogens (tertiary/aromatic N) is 1. The minimum atomic E-state index is 0.190. The molecule has 0 spiro atoms. The number of carbonyl (C=O) groups is 1. The van der Waals surface area contributed by atoms with Gasteiger partial charge in [0.15, 0.2) is 5.78 Å². The third-order valence-electron chi connectivity index (χ3n) is 4.81. The van der Waals surface area contributed by atoms with E-state index in [-0.39, 0.29) is 17.9 Å². The molecule has 2 aliphatic heterocycles. The number of rotatable bonds is 2. The van der Waals surface area contributed by atoms with Crippen LogP contribution >= 0.6 is 0 Å². The predicted octanol–water partition coefficient (Wildman–Crippen LogP) is 2.86. The lowest BCUT2D eigenvalue weighted by Crippen LogP contribution is -2.43. The number of ketones is 1. The Morgan fingerprint density at radius 2 is 1.50 bits per heavy atom. The van der Waals surface area contributed by atoms with E-state index in [0.29, 0.717) is 0 Å². The molecule has 0 saturated carbocycles. The van der Waals surface area contributed by atoms with Crippen LogP contribution in [-0.4, -0.2) is 39.8 Å². The van der Waals surface area contributed by atoms with Gasteiger partial charge >= 0.3 is 0 Å². The first kappa shape index (κ1) is 13.3. The van der Waals surface area contributed by atoms with Gasteiger partial charge in [0.25, 0.3) is 0 Å². The molecule has 112 valence electrons. The SMILES string of the molecule is CN1[C@H]2CC[C@H]1/C(=C/c1ccc[nH]1)C(=O)/C2=C\c1ccc[nH]1. The molecule has 22 heavy (non-hydrogen) atoms. The highest BCUT2D eigenvalue weighted by Crippen LogP contribution is 2.40. The molecule has 2 aliphatic rings. The van der Waals surface area contributed by atoms with Crippen molar-refractivity contribution in [3.8, 4) is 0 Å². The summed E-state index contributed by atoms with van der Waals surface area (Å²) in [6.07, 6.45) is 9.87. The number of carbonyl (C=O) groups excluding carboxylic acids is 1. The van der Waals surface area contributed by atoms with E-state index in [1.165, 1.54) is 0 Å². The predicted molar refractivity (Wildman–Crippen MR) is 87.1 cm³/mol. The van der Waals surface area contributed by atoms with E-state index in [2.05, 4.69) is 21.9 Å². The topological polar surface area (TPSA) is 51.9 Å². The number of aromatic nitrogens is 2. The molecule has 2 aromatic rings. The number of fused-ring (bicyclic) bond motifs is 2. The van der Waals surface area contributed by atoms with Gasteiger partial charge in [0.2, 0.25) is 0 Å². The van der Waals surface area contributed by atoms with E-state index >= 15 is 0 Å². The van der Waals surface area contributed by atoms with E-state index in [0.717, 1.165) is 35.4 Å². The lowest BCUT2D eigenvalue weighted by Gasteiger charge is -2.34. The zero-order valence-corrected chi connectivity index (χ0v) is 12.5. The lowest BCUT2D eigenvalue weighted by molar-refractivity contribution is -0.114. The Hall–Kier alpha value is -2.33. The number of likely N-dealkylation sites (N-methyl/N-ethyl adjacent to an activating group) is 1. The van der Waals surface area contributed by atoms with Gasteiger partial charge in [-0.05, 0) is 56.3 Å². The second-order valence-corrected chi connectivity index (χ2v) is 6.05. The number of Topliss-reactive ketones (excluding diaryl/α,β-unsaturated/α-hetero) is 1. The van der Waals surface area contributed by atoms with Crippen LogP contribution in [0.3, 0.4) is 0 Å². The molecule has 0 radical (unpaired) electrons. The molecule has 0 aromatic carbocycles. The maximum atomic E-state index is 13.0. The summed E-state index contributed by atoms with van der Waals surface area (Å²) in [6.45, 7) is 0. The maximum Gasteiger partial charge on any atom is 0.188 e. The minimum Gasteiger partial charge on any atom is -0.362 e. The van der Waals surface area contributed by atoms with E-state index < -0.39 is 0 Å². The second kappa shape index (κ2) is 5.14. The van der Waals surface area contributed by atoms with Crippen LogP contribution in [0.1, 0.15) is 24.2 Å². The molecule has 2 aromatic heterocycles. The van der Waals surface area contributed by atoms with Gasteiger partial charge in [-0.2, -0.15) is 0 Å². The van der Waals surface area contributed by atoms with Crippen LogP contribution in [0.2, 0.25) is 0 Å². The molecule has 4 heterocycles. The lowest BCUT2D eigenvalue weighted by atomic mass is 9.89. The van der Waals surface area contributed by atoms with Gasteiger partial charge in [0, 0.05) is 47.0 Å². The van der Waals surface area contributed by atoms with Crippen LogP contribution in [0.25, 0.3) is 12.2 Å². The number of hydrogen-bond acceptors (Lipinski definition) is 2. The standard InChI is InChI=1S/C18H19N3O/c1-21-16-6-7-17(21)15(11-13-5-3-9-20-13)18(22)14(16)10-12-4-2-8-19-12/h2-5,8-11,16-17,19-20H,6-7H2,1H3/b14-10-,15-11-/t16-,17-/m0/s1. The average molecular weight is 293 g/mol. The number of nitrogens with one attached hydrogen (secondary N) is 2. The normalized spacial score (nSPS) is 28.9. The Morgan fingerprint density at radius 3 is 1.91 bits per heavy atom. The molecule has 0 aliphatic carbocycles. The Balaban J connectivity index is 1.79. The van der Waals surface area contributed by atoms with Gasteiger partial charge in [-0.15, -0.1) is 0 Å². The molecule has 2 bridgehead atoms. The van der Waals surface area contributed by atoms with Crippen molar-refractivity contribution in [3.05, 3.63) is 59.2 Å². The van der Waals surface area contributed by atoms with Gasteiger partial charge in [-0.1, -0.05) is 0 Å². The molecule has 2 saturated heterocycles. The molecule has 2 atom stereocenters. The zero-order chi connectivity index (χ0) is 15.1. The first-order chi connectivity index (χ1) is 10.7. The Bertz CT molecular complexity index is 675. The first-order valence-corrected chi connectivity index (χ1v) is 7.70. The molecule has 4 rings (SSSR count). The zero-order valence-electron chi connectivity index (χ0n) is 12.5. The number of piperidine rings is 1. The second-order valence-electron chi connectivity index (χ2n) is 6.05. The van der Waals surface area contributed by atoms with Crippen molar-refractivity contribution in [2.75, 3.05) is 7.05 Å². The summed E-state index contributed by atoms with van der Waals surface area (Å²) >= 11 is 0. The van der Waals surface area contributed by atoms with Gasteiger partial charge in [-0.25, -0.2) is 0 Å². The summed E-state index contributed by atoms with van der Waals surface area (Å²) in [5.41, 5.74) is 3.77. The molecule has 0 unspecified atom stereocenters. The highest BCUT2D eigenvalue weighted by Gasteiger charge is 2.44. The first-order valence-electron chi connectivity index (χ1n) is 7.70. The Kier molecular flexibility index (Phi) is 3.12. The number of aromatic amines is 2. The highest BCUT2D eigenvalue weighted by molar-refractivity contribution is 6.16. The summed E-state index contributed by atoms with van der Waals surface area (Å²) in [5.74, 6) is 0.190. The Morgan fingerprint density at radius 1 is 1.00 bits per heavy atom. The maximum absolute atomic E-state index is 13.0. The van der Waals surface area contributed by atoms with Gasteiger partial charge in [0.1, 0.15) is 0 Å². The van der Waals surface area contributed by atoms with Crippen LogP contribution < -0.4 is 0 Å². The van der Waals surface area contributed by atoms with Crippen molar-refractivity contribution in [1.29, 1.82) is 0 Å². The van der Waals surface area contributed by atoms with Crippen LogP contribution in [0.4, 0.5) is 0 Å². The summed E-state index contributed by atoms with van der Waals surface area (Å²) in [4.78, 5) is 21.7. The Labute approximate surface area is 129 Å². The summed E-state index contributed by atoms with van der Waals surface area (Å²) in [6, 6.07) is 8.38. The fraction of sp³-hybridized carbons (Fsp3) is 0.278. The smallest absolute Gasteiger partial charge is 0.188 e. The summed E-state index contributed by atoms with van der Waals surface area (Å²) in [7, 11) is 2.12. The van der Waals surface area contributed by atoms with Crippen molar-refractivity contribution in [3.63, 3.8) is 0 Å². The third-order valence-corrected chi connectivity index (χ3v) is 4.81. The van der Waals surface area contributed by atoms with Crippen molar-refractivity contribution in [1.82, 2.24) is 14.9 Å². The molecular weight excluding hydrogens is 274 g/mol. The number of H-pyrrole nitrogens is 2. The summed E-state index contributed by atoms with van der Waals surface area (Å²) < 4.78 is 0. The molecule has 4 nitrogen and oxygen atoms in total. The van der Waals surface area contributed by atoms with Crippen molar-refractivity contribution in [2.24, 2.45) is 0 Å². The van der Waals surface area contributed by atoms with Crippen molar-refractivity contribution >= 4 is 17.9 Å². The van der Waals surface area contributed by atoms with Crippen molar-refractivity contribution < 1.29 is 4.79 Å². The minimum absolute atomic E-state index is 0.190. The van der Waals surface area contributed by atoms with Crippen LogP contribution in [0, 0.1) is 0 Å². The van der Waals surface area contributed by atoms with E-state index in [1.54, 1.807) is 0 Å². The quantitative estimate of drug-likeness (QED) is 0.837. The monoisotopic (exact) mass is 293 g/mol. The van der Waals surface area contributed by atoms with Gasteiger partial charge < -0.3 is 9.97 Å². The fourth-order valence-electron chi connectivity index (χ4n) is 3.69. The molecule has 2 fully saturated rings. The molecular formula is C18H19N3O. The van der Waals surface area contributed by atoms with Crippen LogP contribution in [0.5, 0.6) is 0 Å².